The molecule has 6 aromatic heterocycles. The largest absolute Gasteiger partial charge is 0.455 e. The van der Waals surface area contributed by atoms with E-state index in [0.29, 0.717) is 34.9 Å². The first-order valence-electron chi connectivity index (χ1n) is 31.1. The molecule has 0 aliphatic heterocycles. The van der Waals surface area contributed by atoms with Crippen LogP contribution in [0.1, 0.15) is 0 Å². The van der Waals surface area contributed by atoms with Crippen LogP contribution in [0.4, 0.5) is 0 Å². The minimum absolute atomic E-state index is 0.643. The molecule has 0 fully saturated rings. The molecule has 0 unspecified atom stereocenters. The van der Waals surface area contributed by atoms with Gasteiger partial charge >= 0.3 is 0 Å². The zero-order valence-corrected chi connectivity index (χ0v) is 51.8. The minimum Gasteiger partial charge on any atom is -0.455 e. The lowest BCUT2D eigenvalue weighted by molar-refractivity contribution is 0.673. The quantitative estimate of drug-likeness (QED) is 0.141. The Balaban J connectivity index is 0.000000139. The van der Waals surface area contributed by atoms with Crippen LogP contribution in [0, 0.1) is 0 Å². The van der Waals surface area contributed by atoms with Crippen molar-refractivity contribution in [3.8, 4) is 102 Å². The average molecular weight is 1240 g/mol. The smallest absolute Gasteiger partial charge is 0.164 e. The van der Waals surface area contributed by atoms with Crippen molar-refractivity contribution in [2.75, 3.05) is 0 Å². The van der Waals surface area contributed by atoms with Crippen LogP contribution in [-0.4, -0.2) is 29.9 Å². The summed E-state index contributed by atoms with van der Waals surface area (Å²) in [6, 6.07) is 105. The zero-order valence-electron chi connectivity index (χ0n) is 50.2. The van der Waals surface area contributed by atoms with Crippen molar-refractivity contribution in [3.05, 3.63) is 303 Å². The van der Waals surface area contributed by atoms with Gasteiger partial charge in [0.05, 0.1) is 9.40 Å². The van der Waals surface area contributed by atoms with E-state index in [2.05, 4.69) is 182 Å². The number of aromatic nitrogens is 6. The number of furan rings is 2. The van der Waals surface area contributed by atoms with Crippen molar-refractivity contribution < 1.29 is 8.83 Å². The van der Waals surface area contributed by atoms with Crippen molar-refractivity contribution in [2.24, 2.45) is 0 Å². The van der Waals surface area contributed by atoms with Gasteiger partial charge in [-0.25, -0.2) is 29.9 Å². The van der Waals surface area contributed by atoms with Crippen LogP contribution in [0.2, 0.25) is 0 Å². The molecule has 440 valence electrons. The maximum Gasteiger partial charge on any atom is 0.164 e. The van der Waals surface area contributed by atoms with Gasteiger partial charge in [-0.1, -0.05) is 267 Å². The Labute approximate surface area is 547 Å². The van der Waals surface area contributed by atoms with Crippen molar-refractivity contribution in [3.63, 3.8) is 0 Å². The minimum atomic E-state index is 0.643. The molecule has 6 heterocycles. The van der Waals surface area contributed by atoms with Crippen LogP contribution >= 0.6 is 22.7 Å². The van der Waals surface area contributed by atoms with Gasteiger partial charge in [0.1, 0.15) is 11.2 Å². The molecule has 0 saturated carbocycles. The molecule has 0 radical (unpaired) electrons. The Bertz CT molecular complexity index is 5950. The third-order valence-electron chi connectivity index (χ3n) is 17.5. The molecule has 0 bridgehead atoms. The SMILES string of the molecule is c1ccc(-c2nc(-c3ccccc3)nc(-c3ccc(-c4ccc(-c5cccc6c5oc5c6ccc6c7ccccc7sc65)cc4)cc3)n2)cc1.c1ccc(-c2nc(-c3ccccc3)nc(-c3ccc(-c4ccc5c(c4)oc4c5ccc5c6ccccc6sc54)cc3)n2)cc1. The molecule has 0 aliphatic carbocycles. The van der Waals surface area contributed by atoms with E-state index in [1.807, 2.05) is 121 Å². The van der Waals surface area contributed by atoms with Gasteiger partial charge in [0, 0.05) is 91.4 Å². The van der Waals surface area contributed by atoms with Gasteiger partial charge in [0.15, 0.2) is 46.1 Å². The molecule has 19 aromatic rings. The fourth-order valence-corrected chi connectivity index (χ4v) is 15.2. The predicted molar refractivity (Wildman–Crippen MR) is 389 cm³/mol. The first kappa shape index (κ1) is 54.8. The molecule has 0 N–H and O–H groups in total. The van der Waals surface area contributed by atoms with Gasteiger partial charge < -0.3 is 8.83 Å². The highest BCUT2D eigenvalue weighted by molar-refractivity contribution is 7.27. The standard InChI is InChI=1S/C45H27N3OS.C39H23N3OS/c1-3-10-31(11-4-1)43-46-44(32-12-5-2-6-13-32)48-45(47-43)33-24-20-29(21-25-33)28-18-22-30(23-19-28)34-15-9-16-36-37-26-27-38-35-14-7-8-17-39(35)50-42(38)41(37)49-40(34)36;1-3-9-25(10-4-1)37-40-38(26-11-5-2-6-12-26)42-39(41-37)27-17-15-24(16-18-27)28-19-20-29-31-21-22-32-30-13-7-8-14-34(30)44-36(32)35(31)43-33(29)23-28/h1-27H;1-23H. The van der Waals surface area contributed by atoms with Gasteiger partial charge in [0.2, 0.25) is 0 Å². The van der Waals surface area contributed by atoms with Crippen molar-refractivity contribution in [1.29, 1.82) is 0 Å². The highest BCUT2D eigenvalue weighted by Crippen LogP contribution is 2.46. The topological polar surface area (TPSA) is 104 Å². The number of hydrogen-bond acceptors (Lipinski definition) is 10. The lowest BCUT2D eigenvalue weighted by atomic mass is 9.98. The number of hydrogen-bond donors (Lipinski definition) is 0. The second kappa shape index (κ2) is 23.0. The summed E-state index contributed by atoms with van der Waals surface area (Å²) >= 11 is 3.60. The van der Waals surface area contributed by atoms with Crippen molar-refractivity contribution in [2.45, 2.75) is 0 Å². The molecule has 19 rings (SSSR count). The fourth-order valence-electron chi connectivity index (χ4n) is 12.8. The van der Waals surface area contributed by atoms with Crippen molar-refractivity contribution >= 4 is 107 Å². The summed E-state index contributed by atoms with van der Waals surface area (Å²) in [4.78, 5) is 29.1. The van der Waals surface area contributed by atoms with Crippen molar-refractivity contribution in [1.82, 2.24) is 29.9 Å². The Hall–Kier alpha value is -12.1. The van der Waals surface area contributed by atoms with Gasteiger partial charge in [-0.05, 0) is 64.2 Å². The van der Waals surface area contributed by atoms with Crippen LogP contribution in [0.5, 0.6) is 0 Å². The van der Waals surface area contributed by atoms with E-state index in [0.717, 1.165) is 111 Å². The lowest BCUT2D eigenvalue weighted by Crippen LogP contribution is -2.00. The summed E-state index contributed by atoms with van der Waals surface area (Å²) in [6.45, 7) is 0. The van der Waals surface area contributed by atoms with E-state index in [1.165, 1.54) is 40.3 Å². The molecular formula is C84H50N6O2S2. The van der Waals surface area contributed by atoms with Gasteiger partial charge in [0.25, 0.3) is 0 Å². The number of thiophene rings is 2. The molecule has 0 spiro atoms. The van der Waals surface area contributed by atoms with E-state index >= 15 is 0 Å². The van der Waals surface area contributed by atoms with Gasteiger partial charge in [-0.2, -0.15) is 0 Å². The fraction of sp³-hybridized carbons (Fsp3) is 0. The summed E-state index contributed by atoms with van der Waals surface area (Å²) in [5, 5.41) is 9.63. The highest BCUT2D eigenvalue weighted by Gasteiger charge is 2.20. The molecule has 0 aliphatic rings. The van der Waals surface area contributed by atoms with E-state index < -0.39 is 0 Å². The molecular weight excluding hydrogens is 1190 g/mol. The Kier molecular flexibility index (Phi) is 13.4. The maximum absolute atomic E-state index is 6.72. The third kappa shape index (κ3) is 9.84. The average Bonchev–Trinajstić information content (AvgIpc) is 1.59. The second-order valence-electron chi connectivity index (χ2n) is 23.2. The predicted octanol–water partition coefficient (Wildman–Crippen LogP) is 23.3. The van der Waals surface area contributed by atoms with E-state index in [9.17, 15) is 0 Å². The Morgan fingerprint density at radius 1 is 0.202 bits per heavy atom. The molecule has 0 saturated heterocycles. The van der Waals surface area contributed by atoms with Crippen LogP contribution in [0.25, 0.3) is 186 Å². The van der Waals surface area contributed by atoms with Crippen LogP contribution in [0.15, 0.2) is 312 Å². The second-order valence-corrected chi connectivity index (χ2v) is 25.3. The first-order chi connectivity index (χ1) is 46.5. The monoisotopic (exact) mass is 1240 g/mol. The summed E-state index contributed by atoms with van der Waals surface area (Å²) < 4.78 is 18.2. The zero-order chi connectivity index (χ0) is 62.1. The molecule has 0 atom stereocenters. The van der Waals surface area contributed by atoms with E-state index in [-0.39, 0.29) is 0 Å². The lowest BCUT2D eigenvalue weighted by Gasteiger charge is -2.09. The first-order valence-corrected chi connectivity index (χ1v) is 32.8. The number of rotatable bonds is 9. The molecule has 10 heteroatoms. The maximum atomic E-state index is 6.72. The molecule has 8 nitrogen and oxygen atoms in total. The molecule has 13 aromatic carbocycles. The van der Waals surface area contributed by atoms with Gasteiger partial charge in [-0.15, -0.1) is 22.7 Å². The van der Waals surface area contributed by atoms with Crippen LogP contribution in [0.3, 0.4) is 0 Å². The summed E-state index contributed by atoms with van der Waals surface area (Å²) in [5.74, 6) is 3.91. The highest BCUT2D eigenvalue weighted by atomic mass is 32.1. The third-order valence-corrected chi connectivity index (χ3v) is 19.9. The summed E-state index contributed by atoms with van der Waals surface area (Å²) in [5.41, 5.74) is 16.1. The van der Waals surface area contributed by atoms with E-state index in [4.69, 9.17) is 38.7 Å². The van der Waals surface area contributed by atoms with Crippen LogP contribution < -0.4 is 0 Å². The number of para-hydroxylation sites is 1. The van der Waals surface area contributed by atoms with E-state index in [1.54, 1.807) is 22.7 Å². The number of fused-ring (bicyclic) bond motifs is 14. The Morgan fingerprint density at radius 3 is 0.957 bits per heavy atom. The van der Waals surface area contributed by atoms with Gasteiger partial charge in [-0.3, -0.25) is 0 Å². The number of nitrogens with zero attached hydrogens (tertiary/aromatic N) is 6. The number of benzene rings is 13. The van der Waals surface area contributed by atoms with Crippen LogP contribution in [-0.2, 0) is 0 Å². The molecule has 94 heavy (non-hydrogen) atoms. The Morgan fingerprint density at radius 2 is 0.511 bits per heavy atom. The summed E-state index contributed by atoms with van der Waals surface area (Å²) in [7, 11) is 0. The summed E-state index contributed by atoms with van der Waals surface area (Å²) in [6.07, 6.45) is 0. The normalized spacial score (nSPS) is 11.6. The molecule has 0 amide bonds.